The van der Waals surface area contributed by atoms with Crippen LogP contribution in [0.5, 0.6) is 0 Å². The molecular formula is C85H150O17P2. The van der Waals surface area contributed by atoms with E-state index in [0.717, 1.165) is 167 Å². The Morgan fingerprint density at radius 3 is 0.788 bits per heavy atom. The van der Waals surface area contributed by atoms with E-state index in [-0.39, 0.29) is 25.7 Å². The summed E-state index contributed by atoms with van der Waals surface area (Å²) in [5.74, 6) is -2.22. The first-order chi connectivity index (χ1) is 50.7. The summed E-state index contributed by atoms with van der Waals surface area (Å²) in [4.78, 5) is 73.1. The van der Waals surface area contributed by atoms with Gasteiger partial charge in [-0.05, 0) is 148 Å². The fraction of sp³-hybridized carbons (Fsp3) is 0.765. The highest BCUT2D eigenvalue weighted by molar-refractivity contribution is 7.47. The van der Waals surface area contributed by atoms with Crippen LogP contribution >= 0.6 is 15.6 Å². The Morgan fingerprint density at radius 1 is 0.279 bits per heavy atom. The zero-order valence-electron chi connectivity index (χ0n) is 65.9. The Kier molecular flexibility index (Phi) is 74.2. The standard InChI is InChI=1S/C85H150O17P2/c1-5-9-13-17-21-25-29-33-37-38-39-40-44-48-52-56-60-64-68-72-85(90)102-81(76-96-83(88)70-66-62-58-54-50-46-42-35-31-27-23-19-15-11-7-3)78-100-104(93,94)98-74-79(86)73-97-103(91,92)99-77-80(101-84(89)71-67-63-59-55-51-47-43-36-32-28-24-20-16-12-8-4)75-95-82(87)69-65-61-57-53-49-45-41-34-30-26-22-18-14-10-6-2/h9,13,21,25,33-37,39-43,48,52,79-81,86H,5-8,10-12,14-20,22-24,26-32,38,44-47,49-51,53-78H2,1-4H3,(H,91,92)(H,93,94)/b13-9-,25-21-,37-33-,40-39-,41-34-,42-35-,43-36-,52-48-/t79-,80+,81+/m0/s1. The third-order valence-electron chi connectivity index (χ3n) is 17.5. The van der Waals surface area contributed by atoms with Crippen molar-refractivity contribution in [3.05, 3.63) is 97.2 Å². The Bertz CT molecular complexity index is 2350. The average Bonchev–Trinajstić information content (AvgIpc) is 0.943. The van der Waals surface area contributed by atoms with Gasteiger partial charge in [-0.1, -0.05) is 285 Å². The molecule has 0 fully saturated rings. The number of allylic oxidation sites excluding steroid dienone is 16. The van der Waals surface area contributed by atoms with Gasteiger partial charge >= 0.3 is 39.5 Å². The van der Waals surface area contributed by atoms with Crippen molar-refractivity contribution in [2.45, 2.75) is 380 Å². The Hall–Kier alpha value is -4.02. The van der Waals surface area contributed by atoms with E-state index in [4.69, 9.17) is 37.0 Å². The van der Waals surface area contributed by atoms with Crippen molar-refractivity contribution in [1.29, 1.82) is 0 Å². The van der Waals surface area contributed by atoms with Crippen molar-refractivity contribution < 1.29 is 80.2 Å². The highest BCUT2D eigenvalue weighted by Gasteiger charge is 2.30. The second-order valence-electron chi connectivity index (χ2n) is 27.7. The zero-order chi connectivity index (χ0) is 76.0. The maximum absolute atomic E-state index is 13.1. The summed E-state index contributed by atoms with van der Waals surface area (Å²) in [5, 5.41) is 10.7. The number of carbonyl (C=O) groups is 4. The summed E-state index contributed by atoms with van der Waals surface area (Å²) < 4.78 is 68.7. The lowest BCUT2D eigenvalue weighted by Gasteiger charge is -2.21. The molecule has 0 radical (unpaired) electrons. The molecule has 104 heavy (non-hydrogen) atoms. The Labute approximate surface area is 633 Å². The van der Waals surface area contributed by atoms with E-state index in [9.17, 15) is 43.2 Å². The van der Waals surface area contributed by atoms with Crippen LogP contribution in [0.4, 0.5) is 0 Å². The molecular weight excluding hydrogens is 1350 g/mol. The fourth-order valence-corrected chi connectivity index (χ4v) is 12.8. The minimum Gasteiger partial charge on any atom is -0.462 e. The first-order valence-corrected chi connectivity index (χ1v) is 44.5. The summed E-state index contributed by atoms with van der Waals surface area (Å²) in [6, 6.07) is 0. The molecule has 17 nitrogen and oxygen atoms in total. The van der Waals surface area contributed by atoms with E-state index in [1.54, 1.807) is 0 Å². The van der Waals surface area contributed by atoms with Crippen molar-refractivity contribution in [2.24, 2.45) is 0 Å². The van der Waals surface area contributed by atoms with Crippen LogP contribution in [-0.2, 0) is 65.4 Å². The zero-order valence-corrected chi connectivity index (χ0v) is 67.7. The number of carbonyl (C=O) groups excluding carboxylic acids is 4. The minimum atomic E-state index is -4.99. The number of ether oxygens (including phenoxy) is 4. The normalized spacial score (nSPS) is 14.3. The van der Waals surface area contributed by atoms with Crippen LogP contribution < -0.4 is 0 Å². The van der Waals surface area contributed by atoms with E-state index in [1.165, 1.54) is 116 Å². The van der Waals surface area contributed by atoms with E-state index < -0.39 is 97.5 Å². The molecule has 0 aromatic carbocycles. The molecule has 0 aromatic rings. The highest BCUT2D eigenvalue weighted by atomic mass is 31.2. The van der Waals surface area contributed by atoms with Gasteiger partial charge in [0.15, 0.2) is 12.2 Å². The van der Waals surface area contributed by atoms with Crippen LogP contribution in [0.1, 0.15) is 362 Å². The number of unbranched alkanes of at least 4 members (excludes halogenated alkanes) is 36. The predicted molar refractivity (Wildman–Crippen MR) is 427 cm³/mol. The molecule has 0 aliphatic heterocycles. The van der Waals surface area contributed by atoms with Gasteiger partial charge in [0.2, 0.25) is 0 Å². The van der Waals surface area contributed by atoms with Gasteiger partial charge in [0.25, 0.3) is 0 Å². The molecule has 0 bridgehead atoms. The highest BCUT2D eigenvalue weighted by Crippen LogP contribution is 2.45. The topological polar surface area (TPSA) is 237 Å². The largest absolute Gasteiger partial charge is 0.472 e. The lowest BCUT2D eigenvalue weighted by atomic mass is 10.1. The van der Waals surface area contributed by atoms with Crippen LogP contribution in [0.15, 0.2) is 97.2 Å². The van der Waals surface area contributed by atoms with Gasteiger partial charge in [0.1, 0.15) is 19.3 Å². The summed E-state index contributed by atoms with van der Waals surface area (Å²) in [7, 11) is -9.97. The van der Waals surface area contributed by atoms with E-state index >= 15 is 0 Å². The van der Waals surface area contributed by atoms with Crippen LogP contribution in [0, 0.1) is 0 Å². The Morgan fingerprint density at radius 2 is 0.500 bits per heavy atom. The molecule has 5 atom stereocenters. The number of phosphoric acid groups is 2. The van der Waals surface area contributed by atoms with Crippen molar-refractivity contribution >= 4 is 39.5 Å². The number of aliphatic hydroxyl groups is 1. The first-order valence-electron chi connectivity index (χ1n) is 41.5. The smallest absolute Gasteiger partial charge is 0.462 e. The molecule has 19 heteroatoms. The van der Waals surface area contributed by atoms with Gasteiger partial charge in [-0.25, -0.2) is 9.13 Å². The fourth-order valence-electron chi connectivity index (χ4n) is 11.2. The van der Waals surface area contributed by atoms with Crippen LogP contribution in [-0.4, -0.2) is 96.7 Å². The molecule has 0 aromatic heterocycles. The lowest BCUT2D eigenvalue weighted by Crippen LogP contribution is -2.30. The first kappa shape index (κ1) is 100.0. The van der Waals surface area contributed by atoms with Crippen LogP contribution in [0.3, 0.4) is 0 Å². The molecule has 0 spiro atoms. The number of hydrogen-bond acceptors (Lipinski definition) is 15. The molecule has 602 valence electrons. The molecule has 0 amide bonds. The molecule has 0 aliphatic rings. The van der Waals surface area contributed by atoms with E-state index in [2.05, 4.69) is 125 Å². The molecule has 0 saturated heterocycles. The number of esters is 4. The summed E-state index contributed by atoms with van der Waals surface area (Å²) >= 11 is 0. The van der Waals surface area contributed by atoms with E-state index in [1.807, 2.05) is 0 Å². The molecule has 0 rings (SSSR count). The second kappa shape index (κ2) is 77.1. The third kappa shape index (κ3) is 76.2. The SMILES string of the molecule is CC/C=C\C/C=C\C/C=C\C/C=C\C/C=C\CCCCCC(=O)O[C@H](COC(=O)CCCCCCC/C=C\CCCCCCCC)COP(=O)(O)OC[C@@H](O)COP(=O)(O)OC[C@@H](COC(=O)CCCCCCC/C=C\CCCCCCCC)OC(=O)CCCCCCC/C=C\CCCCCCCC. The molecule has 0 heterocycles. The number of rotatable bonds is 78. The number of phosphoric ester groups is 2. The predicted octanol–water partition coefficient (Wildman–Crippen LogP) is 24.3. The van der Waals surface area contributed by atoms with Crippen molar-refractivity contribution in [3.8, 4) is 0 Å². The molecule has 3 N–H and O–H groups in total. The van der Waals surface area contributed by atoms with Gasteiger partial charge < -0.3 is 33.8 Å². The monoisotopic (exact) mass is 1510 g/mol. The Balaban J connectivity index is 5.40. The van der Waals surface area contributed by atoms with Gasteiger partial charge in [-0.15, -0.1) is 0 Å². The van der Waals surface area contributed by atoms with Crippen molar-refractivity contribution in [3.63, 3.8) is 0 Å². The summed E-state index contributed by atoms with van der Waals surface area (Å²) in [6.45, 7) is 4.74. The van der Waals surface area contributed by atoms with Crippen LogP contribution in [0.25, 0.3) is 0 Å². The summed E-state index contributed by atoms with van der Waals surface area (Å²) in [5.41, 5.74) is 0. The van der Waals surface area contributed by atoms with Gasteiger partial charge in [0, 0.05) is 25.7 Å². The number of hydrogen-bond donors (Lipinski definition) is 3. The molecule has 0 aliphatic carbocycles. The maximum atomic E-state index is 13.1. The quantitative estimate of drug-likeness (QED) is 0.0169. The number of aliphatic hydroxyl groups excluding tert-OH is 1. The molecule has 2 unspecified atom stereocenters. The molecule has 0 saturated carbocycles. The third-order valence-corrected chi connectivity index (χ3v) is 19.4. The van der Waals surface area contributed by atoms with Gasteiger partial charge in [-0.3, -0.25) is 37.3 Å². The van der Waals surface area contributed by atoms with E-state index in [0.29, 0.717) is 25.7 Å². The van der Waals surface area contributed by atoms with Crippen LogP contribution in [0.2, 0.25) is 0 Å². The second-order valence-corrected chi connectivity index (χ2v) is 30.6. The van der Waals surface area contributed by atoms with Gasteiger partial charge in [-0.2, -0.15) is 0 Å². The lowest BCUT2D eigenvalue weighted by molar-refractivity contribution is -0.161. The average molecular weight is 1510 g/mol. The van der Waals surface area contributed by atoms with Crippen molar-refractivity contribution in [1.82, 2.24) is 0 Å². The van der Waals surface area contributed by atoms with Gasteiger partial charge in [0.05, 0.1) is 26.4 Å². The minimum absolute atomic E-state index is 0.0542. The summed E-state index contributed by atoms with van der Waals surface area (Å²) in [6.07, 6.45) is 82.3. The maximum Gasteiger partial charge on any atom is 0.472 e. The van der Waals surface area contributed by atoms with Crippen molar-refractivity contribution in [2.75, 3.05) is 39.6 Å².